The van der Waals surface area contributed by atoms with Crippen LogP contribution in [-0.2, 0) is 11.2 Å². The van der Waals surface area contributed by atoms with E-state index in [4.69, 9.17) is 11.5 Å². The fourth-order valence-corrected chi connectivity index (χ4v) is 0.552. The summed E-state index contributed by atoms with van der Waals surface area (Å²) in [6.45, 7) is 0. The van der Waals surface area contributed by atoms with Crippen LogP contribution >= 0.6 is 38.7 Å². The zero-order valence-corrected chi connectivity index (χ0v) is 11.4. The minimum absolute atomic E-state index is 0.310. The Morgan fingerprint density at radius 1 is 1.11 bits per heavy atom. The van der Waals surface area contributed by atoms with E-state index in [0.29, 0.717) is 23.3 Å². The topological polar surface area (TPSA) is 52.0 Å². The summed E-state index contributed by atoms with van der Waals surface area (Å²) >= 11 is 5.30. The fraction of sp³-hybridized carbons (Fsp3) is 1.00. The fourth-order valence-electron chi connectivity index (χ4n) is 0.552. The van der Waals surface area contributed by atoms with Crippen LogP contribution in [0, 0.1) is 0 Å². The predicted molar refractivity (Wildman–Crippen MR) is 53.2 cm³/mol. The van der Waals surface area contributed by atoms with Gasteiger partial charge in [0.15, 0.2) is 0 Å². The van der Waals surface area contributed by atoms with Gasteiger partial charge < -0.3 is 11.5 Å². The van der Waals surface area contributed by atoms with Crippen LogP contribution in [0.1, 0.15) is 12.8 Å². The van der Waals surface area contributed by atoms with Crippen molar-refractivity contribution in [1.29, 1.82) is 0 Å². The van der Waals surface area contributed by atoms with E-state index >= 15 is 0 Å². The Balaban J connectivity index is 0.000000187. The molecule has 1 aliphatic carbocycles. The van der Waals surface area contributed by atoms with Crippen molar-refractivity contribution in [3.05, 3.63) is 0 Å². The van der Waals surface area contributed by atoms with E-state index < -0.39 is 0 Å². The van der Waals surface area contributed by atoms with Crippen molar-refractivity contribution in [2.24, 2.45) is 11.5 Å². The minimum atomic E-state index is 0.310. The Labute approximate surface area is 85.1 Å². The molecule has 1 fully saturated rings. The van der Waals surface area contributed by atoms with Crippen LogP contribution in [0.25, 0.3) is 0 Å². The van der Waals surface area contributed by atoms with Gasteiger partial charge >= 0.3 is 49.9 Å². The average Bonchev–Trinajstić information content (AvgIpc) is 1.86. The molecule has 0 unspecified atom stereocenters. The van der Waals surface area contributed by atoms with E-state index in [1.807, 2.05) is 0 Å². The maximum atomic E-state index is 5.40. The Morgan fingerprint density at radius 3 is 1.33 bits per heavy atom. The molecule has 0 aromatic carbocycles. The molecule has 9 heavy (non-hydrogen) atoms. The summed E-state index contributed by atoms with van der Waals surface area (Å²) in [4.78, 5) is 0. The molecule has 0 saturated heterocycles. The first-order valence-corrected chi connectivity index (χ1v) is 15.4. The first kappa shape index (κ1) is 11.1. The summed E-state index contributed by atoms with van der Waals surface area (Å²) in [7, 11) is 0. The van der Waals surface area contributed by atoms with Gasteiger partial charge in [-0.2, -0.15) is 0 Å². The first-order chi connectivity index (χ1) is 4.22. The van der Waals surface area contributed by atoms with E-state index in [1.165, 1.54) is 0 Å². The molecule has 1 saturated carbocycles. The molecule has 4 N–H and O–H groups in total. The maximum absolute atomic E-state index is 5.40. The van der Waals surface area contributed by atoms with Crippen molar-refractivity contribution in [3.8, 4) is 0 Å². The Bertz CT molecular complexity index is 65.6. The second-order valence-electron chi connectivity index (χ2n) is 1.95. The van der Waals surface area contributed by atoms with Crippen molar-refractivity contribution in [2.75, 3.05) is 0 Å². The molecule has 0 aliphatic heterocycles. The van der Waals surface area contributed by atoms with Crippen molar-refractivity contribution >= 4 is 38.7 Å². The zero-order chi connectivity index (χ0) is 7.28. The average molecular weight is 535 g/mol. The number of rotatable bonds is 0. The second kappa shape index (κ2) is 6.76. The Morgan fingerprint density at radius 2 is 1.33 bits per heavy atom. The van der Waals surface area contributed by atoms with Gasteiger partial charge in [-0.25, -0.2) is 0 Å². The number of halogens is 2. The van der Waals surface area contributed by atoms with E-state index in [1.54, 1.807) is 0 Å². The van der Waals surface area contributed by atoms with Gasteiger partial charge in [0.05, 0.1) is 0 Å². The standard InChI is InChI=1S/C4H10N2.2HI.Pt/c5-3-1-2-4(3)6;;;/h3-4H,1-2,5-6H2;2*1H;/q;;;+2/p-2/t3-,4-;;;/m1.../s1. The van der Waals surface area contributed by atoms with Crippen molar-refractivity contribution in [3.63, 3.8) is 0 Å². The third-order valence-corrected chi connectivity index (χ3v) is 1.38. The van der Waals surface area contributed by atoms with Crippen LogP contribution in [0.15, 0.2) is 0 Å². The van der Waals surface area contributed by atoms with Crippen LogP contribution in [0.2, 0.25) is 0 Å². The third kappa shape index (κ3) is 5.35. The van der Waals surface area contributed by atoms with Crippen molar-refractivity contribution in [2.45, 2.75) is 24.9 Å². The Hall–Kier alpha value is 2.07. The van der Waals surface area contributed by atoms with Crippen LogP contribution in [0.5, 0.6) is 0 Å². The van der Waals surface area contributed by atoms with Crippen molar-refractivity contribution < 1.29 is 11.2 Å². The van der Waals surface area contributed by atoms with Crippen LogP contribution in [0.3, 0.4) is 0 Å². The van der Waals surface area contributed by atoms with Gasteiger partial charge in [-0.3, -0.25) is 0 Å². The summed E-state index contributed by atoms with van der Waals surface area (Å²) in [5, 5.41) is 0. The summed E-state index contributed by atoms with van der Waals surface area (Å²) in [5.74, 6) is 0. The van der Waals surface area contributed by atoms with Gasteiger partial charge in [0.25, 0.3) is 0 Å². The molecular formula is C4H10I2N2Pt. The molecule has 0 amide bonds. The molecule has 1 rings (SSSR count). The van der Waals surface area contributed by atoms with Gasteiger partial charge in [0, 0.05) is 12.1 Å². The van der Waals surface area contributed by atoms with E-state index in [-0.39, 0.29) is 0 Å². The van der Waals surface area contributed by atoms with E-state index in [9.17, 15) is 0 Å². The summed E-state index contributed by atoms with van der Waals surface area (Å²) in [6.07, 6.45) is 2.25. The molecule has 2 atom stereocenters. The number of hydrogen-bond acceptors (Lipinski definition) is 2. The summed E-state index contributed by atoms with van der Waals surface area (Å²) < 4.78 is 0. The molecule has 0 spiro atoms. The molecule has 5 heteroatoms. The molecule has 60 valence electrons. The van der Waals surface area contributed by atoms with Gasteiger partial charge in [-0.05, 0) is 12.8 Å². The quantitative estimate of drug-likeness (QED) is 0.459. The monoisotopic (exact) mass is 535 g/mol. The first-order valence-electron chi connectivity index (χ1n) is 2.56. The van der Waals surface area contributed by atoms with Crippen LogP contribution in [-0.4, -0.2) is 12.1 Å². The summed E-state index contributed by atoms with van der Waals surface area (Å²) in [5.41, 5.74) is 10.8. The molecule has 0 bridgehead atoms. The normalized spacial score (nSPS) is 32.4. The Kier molecular flexibility index (Phi) is 8.31. The summed E-state index contributed by atoms with van der Waals surface area (Å²) in [6, 6.07) is 0.620. The molecule has 0 aromatic heterocycles. The van der Waals surface area contributed by atoms with E-state index in [2.05, 4.69) is 38.7 Å². The van der Waals surface area contributed by atoms with Gasteiger partial charge in [0.2, 0.25) is 0 Å². The van der Waals surface area contributed by atoms with E-state index in [0.717, 1.165) is 12.8 Å². The molecule has 0 aromatic rings. The molecule has 0 heterocycles. The molecule has 1 aliphatic rings. The van der Waals surface area contributed by atoms with Crippen molar-refractivity contribution in [1.82, 2.24) is 0 Å². The molecular weight excluding hydrogens is 525 g/mol. The third-order valence-electron chi connectivity index (χ3n) is 1.38. The SMILES string of the molecule is N[C@@H]1CC[C@H]1N.[I][Pt][I]. The molecule has 0 radical (unpaired) electrons. The zero-order valence-electron chi connectivity index (χ0n) is 4.80. The van der Waals surface area contributed by atoms with Gasteiger partial charge in [0.1, 0.15) is 0 Å². The van der Waals surface area contributed by atoms with Crippen LogP contribution in [0.4, 0.5) is 0 Å². The van der Waals surface area contributed by atoms with Gasteiger partial charge in [-0.15, -0.1) is 0 Å². The number of nitrogens with two attached hydrogens (primary N) is 2. The number of hydrogen-bond donors (Lipinski definition) is 2. The van der Waals surface area contributed by atoms with Crippen LogP contribution < -0.4 is 11.5 Å². The molecule has 2 nitrogen and oxygen atoms in total. The van der Waals surface area contributed by atoms with Gasteiger partial charge in [-0.1, -0.05) is 0 Å². The predicted octanol–water partition coefficient (Wildman–Crippen LogP) is 1.20. The second-order valence-corrected chi connectivity index (χ2v) is 18.5.